The quantitative estimate of drug-likeness (QED) is 0.492. The van der Waals surface area contributed by atoms with Crippen molar-refractivity contribution in [3.05, 3.63) is 23.3 Å². The second-order valence-electron chi connectivity index (χ2n) is 4.56. The van der Waals surface area contributed by atoms with Crippen LogP contribution >= 0.6 is 0 Å². The molecule has 1 nitrogen and oxygen atoms in total. The van der Waals surface area contributed by atoms with Crippen LogP contribution in [0.5, 0.6) is 0 Å². The van der Waals surface area contributed by atoms with Crippen molar-refractivity contribution in [3.8, 4) is 0 Å². The Balaban J connectivity index is 2.76. The summed E-state index contributed by atoms with van der Waals surface area (Å²) in [5.41, 5.74) is 4.19. The second kappa shape index (κ2) is 4.59. The van der Waals surface area contributed by atoms with Gasteiger partial charge >= 0.3 is 0 Å². The summed E-state index contributed by atoms with van der Waals surface area (Å²) in [7, 11) is 0. The van der Waals surface area contributed by atoms with Crippen molar-refractivity contribution in [2.24, 2.45) is 11.8 Å². The highest BCUT2D eigenvalue weighted by Gasteiger charge is 2.24. The zero-order valence-electron chi connectivity index (χ0n) is 9.47. The number of allylic oxidation sites excluding steroid dienone is 3. The topological polar surface area (TPSA) is 17.1 Å². The molecule has 14 heavy (non-hydrogen) atoms. The summed E-state index contributed by atoms with van der Waals surface area (Å²) >= 11 is 0. The molecular weight excluding hydrogens is 172 g/mol. The normalized spacial score (nSPS) is 23.8. The third-order valence-electron chi connectivity index (χ3n) is 3.15. The summed E-state index contributed by atoms with van der Waals surface area (Å²) in [4.78, 5) is 10.6. The van der Waals surface area contributed by atoms with Crippen molar-refractivity contribution in [2.45, 2.75) is 40.0 Å². The van der Waals surface area contributed by atoms with Crippen LogP contribution in [0, 0.1) is 11.8 Å². The molecule has 0 aromatic heterocycles. The average molecular weight is 192 g/mol. The number of carbonyl (C=O) groups excluding carboxylic acids is 1. The third kappa shape index (κ3) is 2.34. The maximum absolute atomic E-state index is 10.6. The van der Waals surface area contributed by atoms with Gasteiger partial charge in [-0.1, -0.05) is 30.2 Å². The fourth-order valence-corrected chi connectivity index (χ4v) is 2.25. The maximum atomic E-state index is 10.6. The van der Waals surface area contributed by atoms with E-state index in [1.807, 2.05) is 6.92 Å². The first-order chi connectivity index (χ1) is 6.56. The molecule has 0 heterocycles. The molecule has 0 amide bonds. The van der Waals surface area contributed by atoms with Gasteiger partial charge in [0.1, 0.15) is 6.29 Å². The molecular formula is C13H20O. The Bertz CT molecular complexity index is 273. The van der Waals surface area contributed by atoms with E-state index in [0.29, 0.717) is 5.92 Å². The molecule has 1 rings (SSSR count). The lowest BCUT2D eigenvalue weighted by Crippen LogP contribution is -2.06. The Kier molecular flexibility index (Phi) is 3.68. The molecule has 0 N–H and O–H groups in total. The highest BCUT2D eigenvalue weighted by molar-refractivity contribution is 5.54. The molecule has 1 aliphatic rings. The van der Waals surface area contributed by atoms with Crippen molar-refractivity contribution < 1.29 is 4.79 Å². The molecule has 0 saturated carbocycles. The van der Waals surface area contributed by atoms with Crippen LogP contribution in [0.3, 0.4) is 0 Å². The first-order valence-corrected chi connectivity index (χ1v) is 5.35. The Morgan fingerprint density at radius 2 is 2.36 bits per heavy atom. The molecule has 78 valence electrons. The summed E-state index contributed by atoms with van der Waals surface area (Å²) < 4.78 is 0. The highest BCUT2D eigenvalue weighted by atomic mass is 16.1. The van der Waals surface area contributed by atoms with Crippen molar-refractivity contribution in [1.29, 1.82) is 0 Å². The lowest BCUT2D eigenvalue weighted by atomic mass is 9.88. The second-order valence-corrected chi connectivity index (χ2v) is 4.56. The fraction of sp³-hybridized carbons (Fsp3) is 0.615. The van der Waals surface area contributed by atoms with Crippen LogP contribution in [0.1, 0.15) is 40.0 Å². The van der Waals surface area contributed by atoms with Gasteiger partial charge in [0.25, 0.3) is 0 Å². The SMILES string of the molecule is C=C(C)C1CCC(C)=C1CC(C)C=O. The maximum Gasteiger partial charge on any atom is 0.123 e. The van der Waals surface area contributed by atoms with Gasteiger partial charge in [0, 0.05) is 11.8 Å². The first-order valence-electron chi connectivity index (χ1n) is 5.35. The smallest absolute Gasteiger partial charge is 0.123 e. The van der Waals surface area contributed by atoms with Crippen LogP contribution in [-0.2, 0) is 4.79 Å². The third-order valence-corrected chi connectivity index (χ3v) is 3.15. The van der Waals surface area contributed by atoms with Crippen LogP contribution in [0.2, 0.25) is 0 Å². The average Bonchev–Trinajstić information content (AvgIpc) is 2.48. The fourth-order valence-electron chi connectivity index (χ4n) is 2.25. The van der Waals surface area contributed by atoms with Crippen molar-refractivity contribution in [2.75, 3.05) is 0 Å². The van der Waals surface area contributed by atoms with Gasteiger partial charge in [-0.2, -0.15) is 0 Å². The van der Waals surface area contributed by atoms with Gasteiger partial charge in [0.05, 0.1) is 0 Å². The lowest BCUT2D eigenvalue weighted by Gasteiger charge is -2.16. The zero-order valence-corrected chi connectivity index (χ0v) is 9.47. The minimum Gasteiger partial charge on any atom is -0.303 e. The highest BCUT2D eigenvalue weighted by Crippen LogP contribution is 2.38. The van der Waals surface area contributed by atoms with Crippen molar-refractivity contribution in [3.63, 3.8) is 0 Å². The van der Waals surface area contributed by atoms with Crippen molar-refractivity contribution >= 4 is 6.29 Å². The summed E-state index contributed by atoms with van der Waals surface area (Å²) in [5.74, 6) is 0.692. The molecule has 0 aromatic carbocycles. The van der Waals surface area contributed by atoms with E-state index in [0.717, 1.165) is 12.7 Å². The Hall–Kier alpha value is -0.850. The summed E-state index contributed by atoms with van der Waals surface area (Å²) in [6.07, 6.45) is 4.35. The minimum atomic E-state index is 0.153. The summed E-state index contributed by atoms with van der Waals surface area (Å²) in [6.45, 7) is 10.3. The predicted octanol–water partition coefficient (Wildman–Crippen LogP) is 3.51. The number of hydrogen-bond acceptors (Lipinski definition) is 1. The number of hydrogen-bond donors (Lipinski definition) is 0. The van der Waals surface area contributed by atoms with E-state index in [-0.39, 0.29) is 5.92 Å². The monoisotopic (exact) mass is 192 g/mol. The Morgan fingerprint density at radius 3 is 2.86 bits per heavy atom. The van der Waals surface area contributed by atoms with E-state index in [9.17, 15) is 4.79 Å². The van der Waals surface area contributed by atoms with E-state index < -0.39 is 0 Å². The summed E-state index contributed by atoms with van der Waals surface area (Å²) in [5, 5.41) is 0. The molecule has 0 fully saturated rings. The molecule has 0 saturated heterocycles. The number of rotatable bonds is 4. The van der Waals surface area contributed by atoms with Gasteiger partial charge in [-0.15, -0.1) is 0 Å². The molecule has 1 heteroatoms. The van der Waals surface area contributed by atoms with Crippen LogP contribution in [0.15, 0.2) is 23.3 Å². The number of aldehydes is 1. The largest absolute Gasteiger partial charge is 0.303 e. The molecule has 2 unspecified atom stereocenters. The molecule has 2 atom stereocenters. The Morgan fingerprint density at radius 1 is 1.71 bits per heavy atom. The van der Waals surface area contributed by atoms with E-state index in [1.165, 1.54) is 29.6 Å². The standard InChI is InChI=1S/C13H20O/c1-9(2)12-6-5-11(4)13(12)7-10(3)8-14/h8,10,12H,1,5-7H2,2-4H3. The zero-order chi connectivity index (χ0) is 10.7. The van der Waals surface area contributed by atoms with Gasteiger partial charge in [-0.05, 0) is 33.1 Å². The lowest BCUT2D eigenvalue weighted by molar-refractivity contribution is -0.110. The van der Waals surface area contributed by atoms with Crippen LogP contribution < -0.4 is 0 Å². The Labute approximate surface area is 86.9 Å². The van der Waals surface area contributed by atoms with Crippen LogP contribution in [-0.4, -0.2) is 6.29 Å². The summed E-state index contributed by atoms with van der Waals surface area (Å²) in [6, 6.07) is 0. The van der Waals surface area contributed by atoms with E-state index in [1.54, 1.807) is 0 Å². The molecule has 0 spiro atoms. The van der Waals surface area contributed by atoms with Gasteiger partial charge in [-0.25, -0.2) is 0 Å². The molecule has 0 bridgehead atoms. The van der Waals surface area contributed by atoms with E-state index in [4.69, 9.17) is 0 Å². The van der Waals surface area contributed by atoms with Crippen LogP contribution in [0.4, 0.5) is 0 Å². The van der Waals surface area contributed by atoms with Crippen LogP contribution in [0.25, 0.3) is 0 Å². The van der Waals surface area contributed by atoms with E-state index in [2.05, 4.69) is 20.4 Å². The molecule has 0 radical (unpaired) electrons. The van der Waals surface area contributed by atoms with E-state index >= 15 is 0 Å². The van der Waals surface area contributed by atoms with Gasteiger partial charge in [-0.3, -0.25) is 0 Å². The van der Waals surface area contributed by atoms with Crippen molar-refractivity contribution in [1.82, 2.24) is 0 Å². The van der Waals surface area contributed by atoms with Gasteiger partial charge in [0.15, 0.2) is 0 Å². The van der Waals surface area contributed by atoms with Gasteiger partial charge < -0.3 is 4.79 Å². The predicted molar refractivity (Wildman–Crippen MR) is 60.1 cm³/mol. The molecule has 1 aliphatic carbocycles. The first kappa shape index (κ1) is 11.2. The van der Waals surface area contributed by atoms with Gasteiger partial charge in [0.2, 0.25) is 0 Å². The molecule has 0 aliphatic heterocycles. The molecule has 0 aromatic rings. The minimum absolute atomic E-state index is 0.153. The number of carbonyl (C=O) groups is 1.